The van der Waals surface area contributed by atoms with Crippen LogP contribution in [0.2, 0.25) is 0 Å². The van der Waals surface area contributed by atoms with Crippen molar-refractivity contribution < 1.29 is 23.9 Å². The molecule has 0 saturated heterocycles. The van der Waals surface area contributed by atoms with Crippen molar-refractivity contribution in [1.29, 1.82) is 0 Å². The van der Waals surface area contributed by atoms with E-state index in [0.29, 0.717) is 11.5 Å². The molecule has 0 aromatic heterocycles. The van der Waals surface area contributed by atoms with Crippen molar-refractivity contribution in [1.82, 2.24) is 4.90 Å². The van der Waals surface area contributed by atoms with Crippen LogP contribution in [0.15, 0.2) is 48.5 Å². The van der Waals surface area contributed by atoms with Crippen LogP contribution in [0.4, 0.5) is 0 Å². The van der Waals surface area contributed by atoms with Gasteiger partial charge in [0, 0.05) is 5.56 Å². The van der Waals surface area contributed by atoms with Crippen LogP contribution in [-0.2, 0) is 9.53 Å². The zero-order chi connectivity index (χ0) is 21.1. The highest BCUT2D eigenvalue weighted by molar-refractivity contribution is 6.22. The van der Waals surface area contributed by atoms with Crippen LogP contribution in [0.3, 0.4) is 0 Å². The number of hydrogen-bond acceptors (Lipinski definition) is 5. The van der Waals surface area contributed by atoms with Gasteiger partial charge in [0.2, 0.25) is 0 Å². The zero-order valence-electron chi connectivity index (χ0n) is 16.7. The summed E-state index contributed by atoms with van der Waals surface area (Å²) in [5.74, 6) is -1.82. The molecule has 2 amide bonds. The first-order valence-electron chi connectivity index (χ1n) is 9.61. The van der Waals surface area contributed by atoms with E-state index in [2.05, 4.69) is 13.8 Å². The summed E-state index contributed by atoms with van der Waals surface area (Å²) in [6.07, 6.45) is 1.00. The van der Waals surface area contributed by atoms with Crippen molar-refractivity contribution in [2.75, 3.05) is 6.61 Å². The molecule has 150 valence electrons. The number of nitrogens with zero attached hydrogens (tertiary/aromatic N) is 1. The highest BCUT2D eigenvalue weighted by Gasteiger charge is 2.41. The van der Waals surface area contributed by atoms with Gasteiger partial charge in [-0.2, -0.15) is 0 Å². The van der Waals surface area contributed by atoms with Crippen molar-refractivity contribution >= 4 is 23.6 Å². The van der Waals surface area contributed by atoms with Gasteiger partial charge in [-0.1, -0.05) is 50.2 Å². The third-order valence-electron chi connectivity index (χ3n) is 5.31. The molecule has 2 atom stereocenters. The van der Waals surface area contributed by atoms with E-state index < -0.39 is 30.4 Å². The predicted octanol–water partition coefficient (Wildman–Crippen LogP) is 3.61. The summed E-state index contributed by atoms with van der Waals surface area (Å²) in [6.45, 7) is 5.17. The number of carbonyl (C=O) groups is 4. The quantitative estimate of drug-likeness (QED) is 0.408. The van der Waals surface area contributed by atoms with Gasteiger partial charge in [0.15, 0.2) is 12.4 Å². The average Bonchev–Trinajstić information content (AvgIpc) is 3.01. The number of ketones is 1. The lowest BCUT2D eigenvalue weighted by Gasteiger charge is -2.20. The maximum Gasteiger partial charge on any atom is 0.329 e. The Labute approximate surface area is 169 Å². The molecule has 2 aromatic carbocycles. The summed E-state index contributed by atoms with van der Waals surface area (Å²) in [6, 6.07) is 12.5. The maximum atomic E-state index is 12.5. The Kier molecular flexibility index (Phi) is 5.92. The standard InChI is InChI=1S/C23H23NO5/c1-4-14(2)16-9-11-17(12-10-16)20(25)13-29-23(28)15(3)24-21(26)18-7-5-6-8-19(18)22(24)27/h5-12,14-15H,4,13H2,1-3H3/t14-,15+/m1/s1. The molecule has 29 heavy (non-hydrogen) atoms. The van der Waals surface area contributed by atoms with Crippen molar-refractivity contribution in [3.05, 3.63) is 70.8 Å². The average molecular weight is 393 g/mol. The number of rotatable bonds is 7. The van der Waals surface area contributed by atoms with Crippen LogP contribution < -0.4 is 0 Å². The Morgan fingerprint density at radius 2 is 1.48 bits per heavy atom. The summed E-state index contributed by atoms with van der Waals surface area (Å²) in [5, 5.41) is 0. The molecule has 2 aromatic rings. The second-order valence-electron chi connectivity index (χ2n) is 7.16. The lowest BCUT2D eigenvalue weighted by molar-refractivity contribution is -0.146. The topological polar surface area (TPSA) is 80.8 Å². The Balaban J connectivity index is 1.61. The van der Waals surface area contributed by atoms with Gasteiger partial charge in [-0.05, 0) is 37.0 Å². The van der Waals surface area contributed by atoms with Crippen molar-refractivity contribution in [3.8, 4) is 0 Å². The molecule has 6 heteroatoms. The van der Waals surface area contributed by atoms with Crippen LogP contribution in [0.5, 0.6) is 0 Å². The molecular formula is C23H23NO5. The monoisotopic (exact) mass is 393 g/mol. The van der Waals surface area contributed by atoms with Crippen molar-refractivity contribution in [2.45, 2.75) is 39.2 Å². The van der Waals surface area contributed by atoms with E-state index in [4.69, 9.17) is 4.74 Å². The molecule has 6 nitrogen and oxygen atoms in total. The molecule has 0 radical (unpaired) electrons. The summed E-state index contributed by atoms with van der Waals surface area (Å²) in [7, 11) is 0. The molecule has 0 spiro atoms. The molecule has 0 N–H and O–H groups in total. The third-order valence-corrected chi connectivity index (χ3v) is 5.31. The number of Topliss-reactive ketones (excluding diaryl/α,β-unsaturated/α-hetero) is 1. The number of carbonyl (C=O) groups excluding carboxylic acids is 4. The normalized spacial score (nSPS) is 15.1. The number of amides is 2. The third kappa shape index (κ3) is 3.97. The minimum atomic E-state index is -1.12. The number of imide groups is 1. The highest BCUT2D eigenvalue weighted by atomic mass is 16.5. The van der Waals surface area contributed by atoms with Gasteiger partial charge < -0.3 is 4.74 Å². The van der Waals surface area contributed by atoms with Crippen LogP contribution >= 0.6 is 0 Å². The fourth-order valence-electron chi connectivity index (χ4n) is 3.24. The number of hydrogen-bond donors (Lipinski definition) is 0. The molecule has 0 saturated carbocycles. The number of ether oxygens (including phenoxy) is 1. The van der Waals surface area contributed by atoms with Crippen molar-refractivity contribution in [3.63, 3.8) is 0 Å². The molecule has 0 fully saturated rings. The Morgan fingerprint density at radius 3 is 2.00 bits per heavy atom. The minimum absolute atomic E-state index is 0.259. The number of esters is 1. The van der Waals surface area contributed by atoms with Gasteiger partial charge in [0.05, 0.1) is 11.1 Å². The van der Waals surface area contributed by atoms with E-state index in [0.717, 1.165) is 16.9 Å². The predicted molar refractivity (Wildman–Crippen MR) is 107 cm³/mol. The van der Waals surface area contributed by atoms with Gasteiger partial charge in [-0.15, -0.1) is 0 Å². The Hall–Kier alpha value is -3.28. The van der Waals surface area contributed by atoms with Gasteiger partial charge in [0.1, 0.15) is 6.04 Å². The molecule has 1 aliphatic rings. The second-order valence-corrected chi connectivity index (χ2v) is 7.16. The highest BCUT2D eigenvalue weighted by Crippen LogP contribution is 2.25. The second kappa shape index (κ2) is 8.39. The summed E-state index contributed by atoms with van der Waals surface area (Å²) in [5.41, 5.74) is 2.10. The van der Waals surface area contributed by atoms with Gasteiger partial charge >= 0.3 is 5.97 Å². The van der Waals surface area contributed by atoms with Gasteiger partial charge in [0.25, 0.3) is 11.8 Å². The molecule has 3 rings (SSSR count). The molecule has 1 heterocycles. The summed E-state index contributed by atoms with van der Waals surface area (Å²) < 4.78 is 5.09. The SMILES string of the molecule is CC[C@@H](C)c1ccc(C(=O)COC(=O)[C@H](C)N2C(=O)c3ccccc3C2=O)cc1. The number of fused-ring (bicyclic) bond motifs is 1. The smallest absolute Gasteiger partial charge is 0.329 e. The van der Waals surface area contributed by atoms with Crippen molar-refractivity contribution in [2.24, 2.45) is 0 Å². The lowest BCUT2D eigenvalue weighted by Crippen LogP contribution is -2.44. The van der Waals surface area contributed by atoms with E-state index in [1.807, 2.05) is 12.1 Å². The number of benzene rings is 2. The zero-order valence-corrected chi connectivity index (χ0v) is 16.7. The Bertz CT molecular complexity index is 928. The first-order chi connectivity index (χ1) is 13.8. The molecule has 0 bridgehead atoms. The fraction of sp³-hybridized carbons (Fsp3) is 0.304. The molecule has 1 aliphatic heterocycles. The van der Waals surface area contributed by atoms with E-state index in [-0.39, 0.29) is 16.9 Å². The van der Waals surface area contributed by atoms with Gasteiger partial charge in [-0.3, -0.25) is 19.3 Å². The van der Waals surface area contributed by atoms with Gasteiger partial charge in [-0.25, -0.2) is 4.79 Å². The van der Waals surface area contributed by atoms with E-state index in [9.17, 15) is 19.2 Å². The van der Waals surface area contributed by atoms with E-state index >= 15 is 0 Å². The maximum absolute atomic E-state index is 12.5. The van der Waals surface area contributed by atoms with E-state index in [1.54, 1.807) is 36.4 Å². The first-order valence-corrected chi connectivity index (χ1v) is 9.61. The summed E-state index contributed by atoms with van der Waals surface area (Å²) in [4.78, 5) is 50.5. The van der Waals surface area contributed by atoms with E-state index in [1.165, 1.54) is 6.92 Å². The summed E-state index contributed by atoms with van der Waals surface area (Å²) >= 11 is 0. The van der Waals surface area contributed by atoms with Crippen LogP contribution in [-0.4, -0.2) is 41.1 Å². The first kappa shape index (κ1) is 20.5. The van der Waals surface area contributed by atoms with Crippen LogP contribution in [0, 0.1) is 0 Å². The largest absolute Gasteiger partial charge is 0.456 e. The lowest BCUT2D eigenvalue weighted by atomic mass is 9.97. The Morgan fingerprint density at radius 1 is 0.931 bits per heavy atom. The fourth-order valence-corrected chi connectivity index (χ4v) is 3.24. The van der Waals surface area contributed by atoms with Crippen LogP contribution in [0.25, 0.3) is 0 Å². The minimum Gasteiger partial charge on any atom is -0.456 e. The molecule has 0 aliphatic carbocycles. The molecular weight excluding hydrogens is 370 g/mol. The van der Waals surface area contributed by atoms with Crippen LogP contribution in [0.1, 0.15) is 69.7 Å². The molecule has 0 unspecified atom stereocenters.